The van der Waals surface area contributed by atoms with Crippen LogP contribution in [0.3, 0.4) is 0 Å². The summed E-state index contributed by atoms with van der Waals surface area (Å²) < 4.78 is 44.3. The number of nitrogens with zero attached hydrogens (tertiary/aromatic N) is 2. The minimum Gasteiger partial charge on any atom is -0.444 e. The number of aromatic nitrogens is 2. The first kappa shape index (κ1) is 17.5. The molecule has 0 aliphatic heterocycles. The number of hydrogen-bond acceptors (Lipinski definition) is 4. The van der Waals surface area contributed by atoms with Crippen LogP contribution in [0.15, 0.2) is 64.1 Å². The van der Waals surface area contributed by atoms with Crippen LogP contribution in [-0.4, -0.2) is 24.3 Å². The topological polar surface area (TPSA) is 64.6 Å². The van der Waals surface area contributed by atoms with Crippen LogP contribution >= 0.6 is 0 Å². The van der Waals surface area contributed by atoms with E-state index >= 15 is 0 Å². The molecule has 2 aromatic carbocycles. The van der Waals surface area contributed by atoms with Gasteiger partial charge >= 0.3 is 0 Å². The summed E-state index contributed by atoms with van der Waals surface area (Å²) in [6, 6.07) is 12.7. The van der Waals surface area contributed by atoms with Gasteiger partial charge in [-0.1, -0.05) is 31.2 Å². The fourth-order valence-electron chi connectivity index (χ4n) is 3.05. The average Bonchev–Trinajstić information content (AvgIpc) is 3.21. The fraction of sp³-hybridized carbons (Fsp3) is 0.150. The molecule has 0 saturated carbocycles. The lowest BCUT2D eigenvalue weighted by Gasteiger charge is -2.04. The Bertz CT molecular complexity index is 1220. The van der Waals surface area contributed by atoms with Crippen molar-refractivity contribution in [2.75, 3.05) is 6.26 Å². The number of rotatable bonds is 4. The van der Waals surface area contributed by atoms with Gasteiger partial charge in [0.1, 0.15) is 17.8 Å². The first-order chi connectivity index (χ1) is 12.9. The second kappa shape index (κ2) is 6.35. The third kappa shape index (κ3) is 3.04. The molecule has 2 heterocycles. The minimum absolute atomic E-state index is 0.242. The summed E-state index contributed by atoms with van der Waals surface area (Å²) in [5.74, 6) is -0.324. The Morgan fingerprint density at radius 1 is 1.04 bits per heavy atom. The van der Waals surface area contributed by atoms with E-state index in [-0.39, 0.29) is 10.7 Å². The van der Waals surface area contributed by atoms with Crippen LogP contribution in [0.5, 0.6) is 0 Å². The maximum absolute atomic E-state index is 13.4. The van der Waals surface area contributed by atoms with E-state index in [0.717, 1.165) is 28.8 Å². The second-order valence-corrected chi connectivity index (χ2v) is 8.34. The van der Waals surface area contributed by atoms with E-state index in [1.54, 1.807) is 47.2 Å². The second-order valence-electron chi connectivity index (χ2n) is 6.32. The Kier molecular flexibility index (Phi) is 4.11. The molecular weight excluding hydrogens is 367 g/mol. The van der Waals surface area contributed by atoms with E-state index in [1.165, 1.54) is 18.4 Å². The number of oxazole rings is 1. The molecule has 0 N–H and O–H groups in total. The van der Waals surface area contributed by atoms with Crippen molar-refractivity contribution < 1.29 is 17.2 Å². The van der Waals surface area contributed by atoms with Crippen LogP contribution in [0.1, 0.15) is 12.6 Å². The van der Waals surface area contributed by atoms with Crippen LogP contribution in [0.4, 0.5) is 4.39 Å². The van der Waals surface area contributed by atoms with Crippen molar-refractivity contribution in [1.82, 2.24) is 9.61 Å². The zero-order valence-corrected chi connectivity index (χ0v) is 15.6. The molecule has 2 aromatic heterocycles. The lowest BCUT2D eigenvalue weighted by molar-refractivity contribution is 0.602. The highest BCUT2D eigenvalue weighted by molar-refractivity contribution is 7.90. The molecule has 0 amide bonds. The normalized spacial score (nSPS) is 12.0. The SMILES string of the molecule is CCc1coc2c(-c3ccc(F)cc3)c(-c3ccc(S(C)(=O)=O)cc3)nn12. The Morgan fingerprint density at radius 2 is 1.67 bits per heavy atom. The Hall–Kier alpha value is -2.93. The van der Waals surface area contributed by atoms with E-state index in [0.29, 0.717) is 11.4 Å². The van der Waals surface area contributed by atoms with Gasteiger partial charge in [-0.2, -0.15) is 5.10 Å². The fourth-order valence-corrected chi connectivity index (χ4v) is 3.68. The maximum atomic E-state index is 13.4. The van der Waals surface area contributed by atoms with Gasteiger partial charge in [0.15, 0.2) is 9.84 Å². The van der Waals surface area contributed by atoms with Crippen LogP contribution in [-0.2, 0) is 16.3 Å². The van der Waals surface area contributed by atoms with E-state index < -0.39 is 9.84 Å². The molecule has 4 aromatic rings. The van der Waals surface area contributed by atoms with Gasteiger partial charge in [0.2, 0.25) is 5.71 Å². The number of aryl methyl sites for hydroxylation is 1. The molecule has 0 spiro atoms. The van der Waals surface area contributed by atoms with Crippen LogP contribution in [0, 0.1) is 5.82 Å². The van der Waals surface area contributed by atoms with Gasteiger partial charge in [-0.15, -0.1) is 0 Å². The molecule has 4 rings (SSSR count). The van der Waals surface area contributed by atoms with Gasteiger partial charge in [0.05, 0.1) is 16.2 Å². The van der Waals surface area contributed by atoms with E-state index in [2.05, 4.69) is 5.10 Å². The van der Waals surface area contributed by atoms with Gasteiger partial charge in [0, 0.05) is 11.8 Å². The number of halogens is 1. The molecular formula is C20H17FN2O3S. The molecule has 0 saturated heterocycles. The molecule has 0 aliphatic carbocycles. The summed E-state index contributed by atoms with van der Waals surface area (Å²) in [6.45, 7) is 2.00. The molecule has 5 nitrogen and oxygen atoms in total. The summed E-state index contributed by atoms with van der Waals surface area (Å²) in [7, 11) is -3.28. The molecule has 27 heavy (non-hydrogen) atoms. The van der Waals surface area contributed by atoms with Crippen molar-refractivity contribution in [1.29, 1.82) is 0 Å². The molecule has 0 aliphatic rings. The van der Waals surface area contributed by atoms with E-state index in [9.17, 15) is 12.8 Å². The summed E-state index contributed by atoms with van der Waals surface area (Å²) in [4.78, 5) is 0.242. The third-order valence-corrected chi connectivity index (χ3v) is 5.60. The predicted molar refractivity (Wildman–Crippen MR) is 101 cm³/mol. The summed E-state index contributed by atoms with van der Waals surface area (Å²) >= 11 is 0. The zero-order chi connectivity index (χ0) is 19.2. The van der Waals surface area contributed by atoms with Crippen LogP contribution in [0.2, 0.25) is 0 Å². The minimum atomic E-state index is -3.28. The van der Waals surface area contributed by atoms with Crippen LogP contribution < -0.4 is 0 Å². The number of sulfone groups is 1. The largest absolute Gasteiger partial charge is 0.444 e. The molecule has 0 bridgehead atoms. The van der Waals surface area contributed by atoms with E-state index in [4.69, 9.17) is 4.42 Å². The highest BCUT2D eigenvalue weighted by Gasteiger charge is 2.21. The molecule has 0 unspecified atom stereocenters. The monoisotopic (exact) mass is 384 g/mol. The maximum Gasteiger partial charge on any atom is 0.230 e. The first-order valence-corrected chi connectivity index (χ1v) is 10.3. The number of fused-ring (bicyclic) bond motifs is 1. The predicted octanol–water partition coefficient (Wildman–Crippen LogP) is 4.37. The standard InChI is InChI=1S/C20H17FN2O3S/c1-3-16-12-26-20-18(13-4-8-15(21)9-5-13)19(22-23(16)20)14-6-10-17(11-7-14)27(2,24)25/h4-12H,3H2,1-2H3. The lowest BCUT2D eigenvalue weighted by atomic mass is 10.0. The van der Waals surface area contributed by atoms with Gasteiger partial charge < -0.3 is 4.42 Å². The quantitative estimate of drug-likeness (QED) is 0.524. The van der Waals surface area contributed by atoms with Crippen molar-refractivity contribution in [3.63, 3.8) is 0 Å². The first-order valence-electron chi connectivity index (χ1n) is 8.44. The molecule has 138 valence electrons. The summed E-state index contributed by atoms with van der Waals surface area (Å²) in [5.41, 5.74) is 4.39. The Labute approximate surface area is 156 Å². The van der Waals surface area contributed by atoms with Crippen LogP contribution in [0.25, 0.3) is 28.1 Å². The molecule has 0 atom stereocenters. The number of hydrogen-bond donors (Lipinski definition) is 0. The lowest BCUT2D eigenvalue weighted by Crippen LogP contribution is -1.96. The number of benzene rings is 2. The third-order valence-electron chi connectivity index (χ3n) is 4.47. The van der Waals surface area contributed by atoms with Crippen molar-refractivity contribution in [2.24, 2.45) is 0 Å². The van der Waals surface area contributed by atoms with Gasteiger partial charge in [-0.25, -0.2) is 17.3 Å². The Morgan fingerprint density at radius 3 is 2.26 bits per heavy atom. The summed E-state index contributed by atoms with van der Waals surface area (Å²) in [6.07, 6.45) is 3.57. The van der Waals surface area contributed by atoms with Gasteiger partial charge in [-0.3, -0.25) is 0 Å². The summed E-state index contributed by atoms with van der Waals surface area (Å²) in [5, 5.41) is 4.68. The highest BCUT2D eigenvalue weighted by Crippen LogP contribution is 2.36. The molecule has 0 radical (unpaired) electrons. The van der Waals surface area contributed by atoms with Crippen molar-refractivity contribution in [3.8, 4) is 22.4 Å². The Balaban J connectivity index is 1.95. The van der Waals surface area contributed by atoms with Crippen molar-refractivity contribution >= 4 is 15.6 Å². The van der Waals surface area contributed by atoms with Gasteiger partial charge in [-0.05, 0) is 36.2 Å². The average molecular weight is 384 g/mol. The van der Waals surface area contributed by atoms with Crippen molar-refractivity contribution in [2.45, 2.75) is 18.2 Å². The van der Waals surface area contributed by atoms with Gasteiger partial charge in [0.25, 0.3) is 0 Å². The van der Waals surface area contributed by atoms with Crippen molar-refractivity contribution in [3.05, 3.63) is 66.3 Å². The smallest absolute Gasteiger partial charge is 0.230 e. The molecule has 7 heteroatoms. The highest BCUT2D eigenvalue weighted by atomic mass is 32.2. The molecule has 0 fully saturated rings. The zero-order valence-electron chi connectivity index (χ0n) is 14.8. The van der Waals surface area contributed by atoms with E-state index in [1.807, 2.05) is 6.92 Å².